The van der Waals surface area contributed by atoms with Crippen LogP contribution in [0.1, 0.15) is 29.0 Å². The normalized spacial score (nSPS) is 17.8. The molecule has 0 aliphatic carbocycles. The molecular weight excluding hydrogens is 428 g/mol. The van der Waals surface area contributed by atoms with E-state index in [1.165, 1.54) is 0 Å². The molecule has 7 heteroatoms. The summed E-state index contributed by atoms with van der Waals surface area (Å²) < 4.78 is 2.14. The summed E-state index contributed by atoms with van der Waals surface area (Å²) >= 11 is 5.86. The highest BCUT2D eigenvalue weighted by atomic mass is 32.1. The molecule has 0 bridgehead atoms. The molecule has 1 N–H and O–H groups in total. The molecule has 0 saturated carbocycles. The van der Waals surface area contributed by atoms with E-state index in [9.17, 15) is 0 Å². The Bertz CT molecular complexity index is 1250. The largest absolute Gasteiger partial charge is 0.378 e. The summed E-state index contributed by atoms with van der Waals surface area (Å²) in [4.78, 5) is 13.6. The van der Waals surface area contributed by atoms with Crippen molar-refractivity contribution in [3.05, 3.63) is 102 Å². The van der Waals surface area contributed by atoms with Gasteiger partial charge in [-0.1, -0.05) is 12.1 Å². The van der Waals surface area contributed by atoms with Gasteiger partial charge in [0.1, 0.15) is 11.9 Å². The van der Waals surface area contributed by atoms with Crippen LogP contribution in [0.25, 0.3) is 5.82 Å². The Labute approximate surface area is 199 Å². The number of benzene rings is 1. The lowest BCUT2D eigenvalue weighted by Crippen LogP contribution is -2.30. The van der Waals surface area contributed by atoms with Crippen molar-refractivity contribution in [3.8, 4) is 5.82 Å². The molecule has 0 radical (unpaired) electrons. The van der Waals surface area contributed by atoms with E-state index in [4.69, 9.17) is 12.2 Å². The summed E-state index contributed by atoms with van der Waals surface area (Å²) in [6.45, 7) is 2.04. The number of hydrogen-bond acceptors (Lipinski definition) is 4. The fourth-order valence-electron chi connectivity index (χ4n) is 4.29. The highest BCUT2D eigenvalue weighted by Crippen LogP contribution is 2.42. The molecular formula is C26H26N6S. The number of hydrogen-bond donors (Lipinski definition) is 1. The van der Waals surface area contributed by atoms with Crippen LogP contribution in [0.2, 0.25) is 0 Å². The van der Waals surface area contributed by atoms with Gasteiger partial charge in [-0.15, -0.1) is 0 Å². The van der Waals surface area contributed by atoms with Crippen molar-refractivity contribution < 1.29 is 0 Å². The molecule has 33 heavy (non-hydrogen) atoms. The molecule has 3 aromatic heterocycles. The van der Waals surface area contributed by atoms with Crippen molar-refractivity contribution in [1.82, 2.24) is 19.9 Å². The summed E-state index contributed by atoms with van der Waals surface area (Å²) in [6.07, 6.45) is 5.77. The molecule has 2 atom stereocenters. The molecule has 166 valence electrons. The van der Waals surface area contributed by atoms with Gasteiger partial charge in [0.25, 0.3) is 0 Å². The minimum Gasteiger partial charge on any atom is -0.378 e. The Hall–Kier alpha value is -3.71. The van der Waals surface area contributed by atoms with Gasteiger partial charge >= 0.3 is 0 Å². The molecule has 4 aromatic rings. The van der Waals surface area contributed by atoms with Gasteiger partial charge < -0.3 is 19.7 Å². The summed E-state index contributed by atoms with van der Waals surface area (Å²) in [7, 11) is 4.08. The molecule has 1 aromatic carbocycles. The first-order valence-electron chi connectivity index (χ1n) is 10.9. The molecule has 0 spiro atoms. The maximum atomic E-state index is 5.86. The maximum Gasteiger partial charge on any atom is 0.174 e. The van der Waals surface area contributed by atoms with Gasteiger partial charge in [-0.05, 0) is 79.3 Å². The van der Waals surface area contributed by atoms with Gasteiger partial charge in [0, 0.05) is 49.8 Å². The second kappa shape index (κ2) is 8.67. The molecule has 1 fully saturated rings. The SMILES string of the molecule is Cc1ccc(-n2cccc2[C@@H]2[C@H](c3ccccn3)NC(=S)N2c2ccc(N(C)C)cc2)nc1. The van der Waals surface area contributed by atoms with Crippen molar-refractivity contribution in [2.24, 2.45) is 0 Å². The highest BCUT2D eigenvalue weighted by molar-refractivity contribution is 7.80. The zero-order chi connectivity index (χ0) is 22.9. The second-order valence-corrected chi connectivity index (χ2v) is 8.79. The van der Waals surface area contributed by atoms with Gasteiger partial charge in [-0.3, -0.25) is 4.98 Å². The first-order chi connectivity index (χ1) is 16.0. The van der Waals surface area contributed by atoms with Crippen LogP contribution in [0.3, 0.4) is 0 Å². The van der Waals surface area contributed by atoms with Crippen LogP contribution < -0.4 is 15.1 Å². The highest BCUT2D eigenvalue weighted by Gasteiger charge is 2.42. The molecule has 4 heterocycles. The van der Waals surface area contributed by atoms with Crippen molar-refractivity contribution in [1.29, 1.82) is 0 Å². The van der Waals surface area contributed by atoms with Crippen LogP contribution in [0, 0.1) is 6.92 Å². The smallest absolute Gasteiger partial charge is 0.174 e. The van der Waals surface area contributed by atoms with E-state index in [0.29, 0.717) is 5.11 Å². The Kier molecular flexibility index (Phi) is 5.56. The van der Waals surface area contributed by atoms with Crippen molar-refractivity contribution in [2.45, 2.75) is 19.0 Å². The van der Waals surface area contributed by atoms with E-state index in [0.717, 1.165) is 34.1 Å². The maximum absolute atomic E-state index is 5.86. The monoisotopic (exact) mass is 454 g/mol. The summed E-state index contributed by atoms with van der Waals surface area (Å²) in [6, 6.07) is 22.6. The van der Waals surface area contributed by atoms with Gasteiger partial charge in [0.05, 0.1) is 11.7 Å². The third-order valence-electron chi connectivity index (χ3n) is 5.97. The lowest BCUT2D eigenvalue weighted by Gasteiger charge is -2.29. The number of rotatable bonds is 5. The quantitative estimate of drug-likeness (QED) is 0.437. The third-order valence-corrected chi connectivity index (χ3v) is 6.28. The first-order valence-corrected chi connectivity index (χ1v) is 11.3. The van der Waals surface area contributed by atoms with E-state index in [2.05, 4.69) is 78.3 Å². The lowest BCUT2D eigenvalue weighted by molar-refractivity contribution is 0.548. The van der Waals surface area contributed by atoms with Crippen LogP contribution in [0.15, 0.2) is 85.3 Å². The van der Waals surface area contributed by atoms with Crippen molar-refractivity contribution in [3.63, 3.8) is 0 Å². The van der Waals surface area contributed by atoms with Crippen LogP contribution >= 0.6 is 12.2 Å². The summed E-state index contributed by atoms with van der Waals surface area (Å²) in [5.74, 6) is 0.876. The van der Waals surface area contributed by atoms with Gasteiger partial charge in [0.2, 0.25) is 0 Å². The van der Waals surface area contributed by atoms with E-state index >= 15 is 0 Å². The Morgan fingerprint density at radius 1 is 0.939 bits per heavy atom. The Morgan fingerprint density at radius 2 is 1.76 bits per heavy atom. The van der Waals surface area contributed by atoms with Crippen molar-refractivity contribution >= 4 is 28.7 Å². The molecule has 6 nitrogen and oxygen atoms in total. The fraction of sp³-hybridized carbons (Fsp3) is 0.192. The van der Waals surface area contributed by atoms with E-state index in [-0.39, 0.29) is 12.1 Å². The van der Waals surface area contributed by atoms with Crippen LogP contribution in [0.5, 0.6) is 0 Å². The van der Waals surface area contributed by atoms with Crippen LogP contribution in [-0.2, 0) is 0 Å². The average molecular weight is 455 g/mol. The van der Waals surface area contributed by atoms with Crippen LogP contribution in [0.4, 0.5) is 11.4 Å². The van der Waals surface area contributed by atoms with Crippen LogP contribution in [-0.4, -0.2) is 33.7 Å². The first kappa shape index (κ1) is 21.2. The standard InChI is InChI=1S/C26H26N6S/c1-18-9-14-23(28-17-18)31-16-6-8-22(31)25-24(21-7-4-5-15-27-21)29-26(33)32(25)20-12-10-19(11-13-20)30(2)3/h4-17,24-25H,1-3H3,(H,29,33)/t24-,25+/m0/s1. The average Bonchev–Trinajstić information content (AvgIpc) is 3.44. The third kappa shape index (κ3) is 3.96. The topological polar surface area (TPSA) is 49.2 Å². The minimum absolute atomic E-state index is 0.101. The van der Waals surface area contributed by atoms with Gasteiger partial charge in [0.15, 0.2) is 5.11 Å². The predicted molar refractivity (Wildman–Crippen MR) is 137 cm³/mol. The minimum atomic E-state index is -0.105. The predicted octanol–water partition coefficient (Wildman–Crippen LogP) is 4.82. The number of nitrogens with zero attached hydrogens (tertiary/aromatic N) is 5. The Balaban J connectivity index is 1.63. The number of aromatic nitrogens is 3. The van der Waals surface area contributed by atoms with Gasteiger partial charge in [-0.2, -0.15) is 0 Å². The molecule has 0 amide bonds. The molecule has 1 aliphatic rings. The second-order valence-electron chi connectivity index (χ2n) is 8.40. The van der Waals surface area contributed by atoms with E-state index in [1.807, 2.05) is 57.7 Å². The number of thiocarbonyl (C=S) groups is 1. The number of nitrogens with one attached hydrogen (secondary N) is 1. The zero-order valence-electron chi connectivity index (χ0n) is 18.9. The summed E-state index contributed by atoms with van der Waals surface area (Å²) in [5.41, 5.74) is 5.34. The molecule has 1 aliphatic heterocycles. The fourth-order valence-corrected chi connectivity index (χ4v) is 4.64. The van der Waals surface area contributed by atoms with E-state index < -0.39 is 0 Å². The molecule has 0 unspecified atom stereocenters. The lowest BCUT2D eigenvalue weighted by atomic mass is 10.0. The molecule has 5 rings (SSSR count). The number of anilines is 2. The zero-order valence-corrected chi connectivity index (χ0v) is 19.7. The van der Waals surface area contributed by atoms with Crippen molar-refractivity contribution in [2.75, 3.05) is 23.9 Å². The summed E-state index contributed by atoms with van der Waals surface area (Å²) in [5, 5.41) is 4.21. The Morgan fingerprint density at radius 3 is 2.42 bits per heavy atom. The number of pyridine rings is 2. The van der Waals surface area contributed by atoms with Gasteiger partial charge in [-0.25, -0.2) is 4.98 Å². The molecule has 1 saturated heterocycles. The van der Waals surface area contributed by atoms with E-state index in [1.54, 1.807) is 0 Å². The number of aryl methyl sites for hydroxylation is 1.